The molecule has 0 aliphatic rings. The normalized spacial score (nSPS) is 12.0. The van der Waals surface area contributed by atoms with Gasteiger partial charge in [0, 0.05) is 26.2 Å². The van der Waals surface area contributed by atoms with Crippen LogP contribution in [-0.4, -0.2) is 69.4 Å². The number of hydrogen-bond acceptors (Lipinski definition) is 6. The minimum Gasteiger partial charge on any atom is -0.372 e. The lowest BCUT2D eigenvalue weighted by Crippen LogP contribution is -2.46. The summed E-state index contributed by atoms with van der Waals surface area (Å²) >= 11 is 0. The Labute approximate surface area is 106 Å². The molecule has 0 aliphatic carbocycles. The first-order chi connectivity index (χ1) is 8.18. The smallest absolute Gasteiger partial charge is 0.372 e. The predicted molar refractivity (Wildman–Crippen MR) is 71.3 cm³/mol. The van der Waals surface area contributed by atoms with Crippen molar-refractivity contribution in [3.05, 3.63) is 0 Å². The third-order valence-corrected chi connectivity index (χ3v) is 4.33. The van der Waals surface area contributed by atoms with Crippen LogP contribution in [0.15, 0.2) is 0 Å². The Bertz CT molecular complexity index is 148. The van der Waals surface area contributed by atoms with Gasteiger partial charge in [0.25, 0.3) is 0 Å². The van der Waals surface area contributed by atoms with Gasteiger partial charge < -0.3 is 29.2 Å². The molecule has 0 aliphatic heterocycles. The molecule has 0 heterocycles. The zero-order valence-corrected chi connectivity index (χ0v) is 12.5. The van der Waals surface area contributed by atoms with E-state index in [4.69, 9.17) is 13.3 Å². The van der Waals surface area contributed by atoms with Crippen LogP contribution in [0.3, 0.4) is 0 Å². The third kappa shape index (κ3) is 9.66. The van der Waals surface area contributed by atoms with Crippen molar-refractivity contribution in [2.45, 2.75) is 6.55 Å². The van der Waals surface area contributed by atoms with Gasteiger partial charge in [0.1, 0.15) is 0 Å². The summed E-state index contributed by atoms with van der Waals surface area (Å²) in [6.45, 7) is 6.16. The average Bonchev–Trinajstić information content (AvgIpc) is 2.30. The zero-order valence-electron chi connectivity index (χ0n) is 11.5. The molecule has 0 fully saturated rings. The van der Waals surface area contributed by atoms with E-state index in [0.717, 1.165) is 19.6 Å². The molecular formula is C10H27N3O3Si. The molecule has 3 N–H and O–H groups in total. The number of nitrogens with one attached hydrogen (secondary N) is 3. The minimum absolute atomic E-state index is 0.609. The van der Waals surface area contributed by atoms with E-state index in [2.05, 4.69) is 16.0 Å². The maximum absolute atomic E-state index is 5.74. The van der Waals surface area contributed by atoms with Gasteiger partial charge in [-0.25, -0.2) is 0 Å². The van der Waals surface area contributed by atoms with E-state index in [-0.39, 0.29) is 0 Å². The second kappa shape index (κ2) is 11.1. The molecule has 0 aromatic carbocycles. The van der Waals surface area contributed by atoms with Gasteiger partial charge in [-0.2, -0.15) is 0 Å². The van der Waals surface area contributed by atoms with Gasteiger partial charge in [-0.05, 0) is 21.1 Å². The summed E-state index contributed by atoms with van der Waals surface area (Å²) in [5.74, 6) is 0. The summed E-state index contributed by atoms with van der Waals surface area (Å²) in [5.41, 5.74) is 0. The Kier molecular flexibility index (Phi) is 11.1. The van der Waals surface area contributed by atoms with Crippen molar-refractivity contribution in [3.8, 4) is 0 Å². The van der Waals surface area contributed by atoms with E-state index in [0.29, 0.717) is 19.8 Å². The van der Waals surface area contributed by atoms with Crippen LogP contribution in [0.1, 0.15) is 0 Å². The minimum atomic E-state index is -2.48. The van der Waals surface area contributed by atoms with E-state index < -0.39 is 8.80 Å². The summed E-state index contributed by atoms with van der Waals surface area (Å²) in [6.07, 6.45) is 0. The lowest BCUT2D eigenvalue weighted by molar-refractivity contribution is 0.0688. The van der Waals surface area contributed by atoms with Gasteiger partial charge in [0.15, 0.2) is 0 Å². The second-order valence-corrected chi connectivity index (χ2v) is 6.31. The monoisotopic (exact) mass is 265 g/mol. The molecule has 7 heteroatoms. The van der Waals surface area contributed by atoms with Crippen LogP contribution < -0.4 is 16.0 Å². The molecule has 0 radical (unpaired) electrons. The molecule has 0 saturated heterocycles. The van der Waals surface area contributed by atoms with Crippen LogP contribution in [0.5, 0.6) is 0 Å². The Balaban J connectivity index is 3.95. The lowest BCUT2D eigenvalue weighted by atomic mass is 10.7. The van der Waals surface area contributed by atoms with Gasteiger partial charge in [0.2, 0.25) is 0 Å². The van der Waals surface area contributed by atoms with Gasteiger partial charge >= 0.3 is 8.80 Å². The molecule has 0 unspecified atom stereocenters. The molecular weight excluding hydrogens is 238 g/mol. The van der Waals surface area contributed by atoms with Crippen LogP contribution in [0.2, 0.25) is 6.55 Å². The van der Waals surface area contributed by atoms with Crippen molar-refractivity contribution in [1.82, 2.24) is 16.0 Å². The van der Waals surface area contributed by atoms with E-state index in [1.807, 2.05) is 27.7 Å². The van der Waals surface area contributed by atoms with Crippen LogP contribution >= 0.6 is 0 Å². The number of likely N-dealkylation sites (N-methyl/N-ethyl adjacent to an activating group) is 3. The average molecular weight is 265 g/mol. The Morgan fingerprint density at radius 1 is 0.706 bits per heavy atom. The van der Waals surface area contributed by atoms with E-state index in [1.165, 1.54) is 0 Å². The van der Waals surface area contributed by atoms with Crippen LogP contribution in [-0.2, 0) is 13.3 Å². The molecule has 0 saturated carbocycles. The van der Waals surface area contributed by atoms with Crippen molar-refractivity contribution < 1.29 is 13.3 Å². The maximum Gasteiger partial charge on any atom is 0.497 e. The predicted octanol–water partition coefficient (Wildman–Crippen LogP) is -0.737. The van der Waals surface area contributed by atoms with Gasteiger partial charge in [-0.1, -0.05) is 0 Å². The summed E-state index contributed by atoms with van der Waals surface area (Å²) in [4.78, 5) is 0. The summed E-state index contributed by atoms with van der Waals surface area (Å²) in [6, 6.07) is 0. The van der Waals surface area contributed by atoms with Crippen molar-refractivity contribution in [1.29, 1.82) is 0 Å². The first kappa shape index (κ1) is 17.0. The largest absolute Gasteiger partial charge is 0.497 e. The van der Waals surface area contributed by atoms with Gasteiger partial charge in [-0.15, -0.1) is 0 Å². The standard InChI is InChI=1S/C10H27N3O3Si/c1-11-5-8-14-17(4,15-9-6-12-2)16-10-7-13-3/h11-13H,5-10H2,1-4H3. The highest BCUT2D eigenvalue weighted by Gasteiger charge is 2.34. The van der Waals surface area contributed by atoms with E-state index >= 15 is 0 Å². The van der Waals surface area contributed by atoms with Gasteiger partial charge in [0.05, 0.1) is 19.8 Å². The first-order valence-electron chi connectivity index (χ1n) is 6.04. The van der Waals surface area contributed by atoms with E-state index in [1.54, 1.807) is 0 Å². The topological polar surface area (TPSA) is 63.8 Å². The van der Waals surface area contributed by atoms with Crippen molar-refractivity contribution in [2.75, 3.05) is 60.6 Å². The summed E-state index contributed by atoms with van der Waals surface area (Å²) in [5, 5.41) is 9.11. The Hall–Kier alpha value is -0.0231. The van der Waals surface area contributed by atoms with Crippen LogP contribution in [0, 0.1) is 0 Å². The summed E-state index contributed by atoms with van der Waals surface area (Å²) < 4.78 is 17.2. The highest BCUT2D eigenvalue weighted by molar-refractivity contribution is 6.59. The molecule has 104 valence electrons. The fourth-order valence-electron chi connectivity index (χ4n) is 1.14. The molecule has 0 bridgehead atoms. The number of rotatable bonds is 12. The SMILES string of the molecule is CNCCO[Si](C)(OCCNC)OCCNC. The van der Waals surface area contributed by atoms with E-state index in [9.17, 15) is 0 Å². The van der Waals surface area contributed by atoms with Crippen LogP contribution in [0.4, 0.5) is 0 Å². The molecule has 6 nitrogen and oxygen atoms in total. The second-order valence-electron chi connectivity index (χ2n) is 3.72. The quantitative estimate of drug-likeness (QED) is 0.319. The first-order valence-corrected chi connectivity index (χ1v) is 8.26. The fourth-order valence-corrected chi connectivity index (χ4v) is 2.81. The molecule has 0 spiro atoms. The summed E-state index contributed by atoms with van der Waals surface area (Å²) in [7, 11) is 3.20. The lowest BCUT2D eigenvalue weighted by Gasteiger charge is -2.26. The molecule has 0 atom stereocenters. The molecule has 0 aromatic rings. The van der Waals surface area contributed by atoms with Gasteiger partial charge in [-0.3, -0.25) is 0 Å². The van der Waals surface area contributed by atoms with Crippen LogP contribution in [0.25, 0.3) is 0 Å². The Morgan fingerprint density at radius 3 is 1.24 bits per heavy atom. The van der Waals surface area contributed by atoms with Crippen molar-refractivity contribution >= 4 is 8.80 Å². The molecule has 0 aromatic heterocycles. The van der Waals surface area contributed by atoms with Crippen molar-refractivity contribution in [3.63, 3.8) is 0 Å². The fraction of sp³-hybridized carbons (Fsp3) is 1.00. The van der Waals surface area contributed by atoms with Crippen molar-refractivity contribution in [2.24, 2.45) is 0 Å². The molecule has 17 heavy (non-hydrogen) atoms. The Morgan fingerprint density at radius 2 is 1.00 bits per heavy atom. The molecule has 0 rings (SSSR count). The maximum atomic E-state index is 5.74. The number of hydrogen-bond donors (Lipinski definition) is 3. The third-order valence-electron chi connectivity index (χ3n) is 2.15. The highest BCUT2D eigenvalue weighted by atomic mass is 28.4. The highest BCUT2D eigenvalue weighted by Crippen LogP contribution is 2.08. The molecule has 0 amide bonds. The zero-order chi connectivity index (χ0) is 13.0.